The third-order valence-corrected chi connectivity index (χ3v) is 7.31. The van der Waals surface area contributed by atoms with Gasteiger partial charge in [-0.2, -0.15) is 13.2 Å². The van der Waals surface area contributed by atoms with Crippen molar-refractivity contribution in [2.24, 2.45) is 0 Å². The van der Waals surface area contributed by atoms with Gasteiger partial charge in [0.1, 0.15) is 18.0 Å². The first-order valence-electron chi connectivity index (χ1n) is 12.8. The molecule has 198 valence electrons. The molecule has 2 heterocycles. The van der Waals surface area contributed by atoms with E-state index in [1.807, 2.05) is 30.3 Å². The maximum atomic E-state index is 14.2. The van der Waals surface area contributed by atoms with E-state index in [9.17, 15) is 23.1 Å². The maximum Gasteiger partial charge on any atom is 0.453 e. The fraction of sp³-hybridized carbons (Fsp3) is 0.300. The zero-order valence-corrected chi connectivity index (χ0v) is 21.0. The van der Waals surface area contributed by atoms with E-state index in [2.05, 4.69) is 6.92 Å². The van der Waals surface area contributed by atoms with Crippen LogP contribution in [-0.4, -0.2) is 17.7 Å². The molecule has 1 saturated heterocycles. The van der Waals surface area contributed by atoms with Crippen LogP contribution in [0.15, 0.2) is 75.9 Å². The number of benzene rings is 3. The van der Waals surface area contributed by atoms with Crippen LogP contribution in [0.1, 0.15) is 43.9 Å². The number of hydrogen-bond acceptors (Lipinski definition) is 4. The summed E-state index contributed by atoms with van der Waals surface area (Å²) in [5.74, 6) is -2.56. The van der Waals surface area contributed by atoms with Crippen molar-refractivity contribution >= 4 is 11.0 Å². The smallest absolute Gasteiger partial charge is 0.453 e. The number of fused-ring (bicyclic) bond motifs is 1. The minimum absolute atomic E-state index is 0.0637. The van der Waals surface area contributed by atoms with Crippen LogP contribution in [0, 0.1) is 0 Å². The average Bonchev–Trinajstić information content (AvgIpc) is 2.92. The van der Waals surface area contributed by atoms with Crippen LogP contribution in [0.2, 0.25) is 0 Å². The zero-order valence-electron chi connectivity index (χ0n) is 21.0. The zero-order chi connectivity index (χ0) is 26.9. The SMILES string of the molecule is CC[C@@H]1CCCC[NH+]1Cc1c(O)ccc2c(=O)c(Oc3ccc(-c4ccccc4)cc3)c(C(F)(F)F)oc12. The number of piperidine rings is 1. The van der Waals surface area contributed by atoms with Gasteiger partial charge in [0, 0.05) is 0 Å². The van der Waals surface area contributed by atoms with E-state index in [-0.39, 0.29) is 34.6 Å². The summed E-state index contributed by atoms with van der Waals surface area (Å²) in [5.41, 5.74) is 0.813. The third kappa shape index (κ3) is 5.13. The number of phenols is 1. The Morgan fingerprint density at radius 2 is 1.71 bits per heavy atom. The van der Waals surface area contributed by atoms with E-state index in [4.69, 9.17) is 9.15 Å². The molecule has 0 spiro atoms. The van der Waals surface area contributed by atoms with Crippen molar-refractivity contribution in [3.8, 4) is 28.4 Å². The summed E-state index contributed by atoms with van der Waals surface area (Å²) in [6, 6.07) is 18.9. The highest BCUT2D eigenvalue weighted by molar-refractivity contribution is 5.83. The molecule has 5 nitrogen and oxygen atoms in total. The van der Waals surface area contributed by atoms with Crippen molar-refractivity contribution in [1.82, 2.24) is 0 Å². The number of ether oxygens (including phenoxy) is 1. The van der Waals surface area contributed by atoms with Gasteiger partial charge in [0.2, 0.25) is 11.2 Å². The summed E-state index contributed by atoms with van der Waals surface area (Å²) in [7, 11) is 0. The second kappa shape index (κ2) is 10.5. The fourth-order valence-electron chi connectivity index (χ4n) is 5.30. The molecule has 4 aromatic rings. The van der Waals surface area contributed by atoms with Gasteiger partial charge in [-0.3, -0.25) is 4.79 Å². The van der Waals surface area contributed by atoms with Crippen molar-refractivity contribution in [3.05, 3.63) is 88.3 Å². The molecule has 0 aliphatic carbocycles. The molecule has 38 heavy (non-hydrogen) atoms. The molecule has 0 radical (unpaired) electrons. The number of quaternary nitrogens is 1. The van der Waals surface area contributed by atoms with E-state index >= 15 is 0 Å². The monoisotopic (exact) mass is 524 g/mol. The van der Waals surface area contributed by atoms with E-state index < -0.39 is 23.1 Å². The Morgan fingerprint density at radius 3 is 2.39 bits per heavy atom. The van der Waals surface area contributed by atoms with Gasteiger partial charge in [0.05, 0.1) is 23.5 Å². The minimum atomic E-state index is -4.99. The lowest BCUT2D eigenvalue weighted by molar-refractivity contribution is -0.944. The maximum absolute atomic E-state index is 14.2. The van der Waals surface area contributed by atoms with Crippen LogP contribution in [0.5, 0.6) is 17.2 Å². The number of rotatable bonds is 6. The van der Waals surface area contributed by atoms with Crippen LogP contribution in [-0.2, 0) is 12.7 Å². The lowest BCUT2D eigenvalue weighted by atomic mass is 9.98. The summed E-state index contributed by atoms with van der Waals surface area (Å²) < 4.78 is 53.4. The number of likely N-dealkylation sites (tertiary alicyclic amines) is 1. The Balaban J connectivity index is 1.56. The van der Waals surface area contributed by atoms with Crippen molar-refractivity contribution in [2.45, 2.75) is 51.4 Å². The van der Waals surface area contributed by atoms with E-state index in [1.165, 1.54) is 24.3 Å². The molecular weight excluding hydrogens is 495 g/mol. The molecule has 3 aromatic carbocycles. The fourth-order valence-corrected chi connectivity index (χ4v) is 5.30. The lowest BCUT2D eigenvalue weighted by Crippen LogP contribution is -3.15. The number of nitrogens with one attached hydrogen (secondary N) is 1. The minimum Gasteiger partial charge on any atom is -0.507 e. The first-order chi connectivity index (χ1) is 18.3. The molecule has 0 bridgehead atoms. The Hall–Kier alpha value is -3.78. The number of halogens is 3. The first kappa shape index (κ1) is 25.9. The highest BCUT2D eigenvalue weighted by atomic mass is 19.4. The van der Waals surface area contributed by atoms with Crippen LogP contribution < -0.4 is 15.1 Å². The van der Waals surface area contributed by atoms with Crippen LogP contribution in [0.3, 0.4) is 0 Å². The molecule has 5 rings (SSSR count). The molecule has 0 saturated carbocycles. The first-order valence-corrected chi connectivity index (χ1v) is 12.8. The van der Waals surface area contributed by atoms with E-state index in [1.54, 1.807) is 12.1 Å². The number of aromatic hydroxyl groups is 1. The highest BCUT2D eigenvalue weighted by Gasteiger charge is 2.41. The molecule has 2 N–H and O–H groups in total. The number of phenolic OH excluding ortho intramolecular Hbond substituents is 1. The molecule has 1 aromatic heterocycles. The Bertz CT molecular complexity index is 1480. The molecule has 1 aliphatic heterocycles. The Morgan fingerprint density at radius 1 is 1.00 bits per heavy atom. The topological polar surface area (TPSA) is 64.1 Å². The normalized spacial score (nSPS) is 18.0. The number of alkyl halides is 3. The predicted octanol–water partition coefficient (Wildman–Crippen LogP) is 6.32. The van der Waals surface area contributed by atoms with Gasteiger partial charge in [0.15, 0.2) is 5.58 Å². The number of hydrogen-bond donors (Lipinski definition) is 2. The average molecular weight is 525 g/mol. The largest absolute Gasteiger partial charge is 0.507 e. The second-order valence-electron chi connectivity index (χ2n) is 9.71. The second-order valence-corrected chi connectivity index (χ2v) is 9.71. The molecule has 2 atom stereocenters. The van der Waals surface area contributed by atoms with Crippen molar-refractivity contribution in [3.63, 3.8) is 0 Å². The summed E-state index contributed by atoms with van der Waals surface area (Å²) in [6.07, 6.45) is -0.963. The summed E-state index contributed by atoms with van der Waals surface area (Å²) in [6.45, 7) is 3.19. The van der Waals surface area contributed by atoms with Crippen molar-refractivity contribution < 1.29 is 32.3 Å². The quantitative estimate of drug-likeness (QED) is 0.310. The van der Waals surface area contributed by atoms with Gasteiger partial charge in [-0.25, -0.2) is 0 Å². The third-order valence-electron chi connectivity index (χ3n) is 7.31. The standard InChI is InChI=1S/C30H28F3NO4/c1-2-21-10-6-7-17-34(21)18-24-25(35)16-15-23-26(36)28(29(30(31,32)33)38-27(23)24)37-22-13-11-20(12-14-22)19-8-4-3-5-9-19/h3-5,8-9,11-16,21,35H,2,6-7,10,17-18H2,1H3/p+1/t21-/m1/s1. The molecule has 1 aliphatic rings. The van der Waals surface area contributed by atoms with Crippen molar-refractivity contribution in [1.29, 1.82) is 0 Å². The molecule has 8 heteroatoms. The Kier molecular flexibility index (Phi) is 7.17. The summed E-state index contributed by atoms with van der Waals surface area (Å²) in [5, 5.41) is 10.6. The van der Waals surface area contributed by atoms with Crippen LogP contribution in [0.4, 0.5) is 13.2 Å². The highest BCUT2D eigenvalue weighted by Crippen LogP contribution is 2.40. The van der Waals surface area contributed by atoms with Gasteiger partial charge in [-0.1, -0.05) is 49.4 Å². The van der Waals surface area contributed by atoms with Crippen LogP contribution in [0.25, 0.3) is 22.1 Å². The molecule has 1 unspecified atom stereocenters. The molecule has 1 fully saturated rings. The molecular formula is C30H29F3NO4+. The summed E-state index contributed by atoms with van der Waals surface area (Å²) in [4.78, 5) is 14.6. The van der Waals surface area contributed by atoms with E-state index in [0.29, 0.717) is 6.04 Å². The van der Waals surface area contributed by atoms with Crippen LogP contribution >= 0.6 is 0 Å². The van der Waals surface area contributed by atoms with Gasteiger partial charge >= 0.3 is 6.18 Å². The van der Waals surface area contributed by atoms with Gasteiger partial charge in [-0.05, 0) is 61.1 Å². The molecule has 0 amide bonds. The van der Waals surface area contributed by atoms with Crippen molar-refractivity contribution in [2.75, 3.05) is 6.54 Å². The lowest BCUT2D eigenvalue weighted by Gasteiger charge is -2.32. The summed E-state index contributed by atoms with van der Waals surface area (Å²) >= 11 is 0. The van der Waals surface area contributed by atoms with Gasteiger partial charge in [0.25, 0.3) is 5.76 Å². The Labute approximate surface area is 218 Å². The van der Waals surface area contributed by atoms with Gasteiger partial charge < -0.3 is 19.2 Å². The van der Waals surface area contributed by atoms with E-state index in [0.717, 1.165) is 48.3 Å². The van der Waals surface area contributed by atoms with Gasteiger partial charge in [-0.15, -0.1) is 0 Å². The predicted molar refractivity (Wildman–Crippen MR) is 139 cm³/mol.